The first-order valence-corrected chi connectivity index (χ1v) is 8.19. The molecular weight excluding hydrogens is 333 g/mol. The van der Waals surface area contributed by atoms with Gasteiger partial charge >= 0.3 is 0 Å². The highest BCUT2D eigenvalue weighted by Crippen LogP contribution is 2.52. The normalized spacial score (nSPS) is 28.7. The summed E-state index contributed by atoms with van der Waals surface area (Å²) in [5.41, 5.74) is 1.65. The van der Waals surface area contributed by atoms with E-state index in [1.54, 1.807) is 5.57 Å². The van der Waals surface area contributed by atoms with Gasteiger partial charge in [0.25, 0.3) is 0 Å². The van der Waals surface area contributed by atoms with Crippen molar-refractivity contribution in [2.45, 2.75) is 57.3 Å². The lowest BCUT2D eigenvalue weighted by Crippen LogP contribution is -2.18. The second kappa shape index (κ2) is 6.41. The van der Waals surface area contributed by atoms with Crippen LogP contribution in [0.15, 0.2) is 11.6 Å². The molecule has 0 N–H and O–H groups in total. The molecule has 0 bridgehead atoms. The highest BCUT2D eigenvalue weighted by atomic mass is 127. The molecule has 1 fully saturated rings. The maximum absolute atomic E-state index is 9.12. The smallest absolute Gasteiger partial charge is 0.106 e. The van der Waals surface area contributed by atoms with E-state index in [0.717, 1.165) is 18.3 Å². The van der Waals surface area contributed by atoms with Gasteiger partial charge < -0.3 is 0 Å². The Kier molecular flexibility index (Phi) is 5.70. The number of hydrogen-bond acceptors (Lipinski definition) is 1. The van der Waals surface area contributed by atoms with Crippen LogP contribution in [0.25, 0.3) is 0 Å². The van der Waals surface area contributed by atoms with Gasteiger partial charge in [0, 0.05) is 0 Å². The zero-order valence-corrected chi connectivity index (χ0v) is 14.5. The van der Waals surface area contributed by atoms with Gasteiger partial charge in [-0.15, -0.1) is 0 Å². The Balaban J connectivity index is 2.56. The Morgan fingerprint density at radius 1 is 1.50 bits per heavy atom. The van der Waals surface area contributed by atoms with E-state index in [1.807, 2.05) is 6.92 Å². The fraction of sp³-hybridized carbons (Fsp3) is 0.812. The van der Waals surface area contributed by atoms with Crippen LogP contribution >= 0.6 is 22.6 Å². The number of halogens is 1. The molecule has 4 atom stereocenters. The molecular formula is C16H26IN. The maximum atomic E-state index is 9.12. The van der Waals surface area contributed by atoms with Crippen LogP contribution in [0, 0.1) is 35.0 Å². The third kappa shape index (κ3) is 4.57. The largest absolute Gasteiger partial charge is 0.197 e. The molecule has 0 radical (unpaired) electrons. The van der Waals surface area contributed by atoms with E-state index in [0.29, 0.717) is 11.8 Å². The number of alkyl halides is 1. The topological polar surface area (TPSA) is 23.8 Å². The molecule has 1 saturated carbocycles. The minimum absolute atomic E-state index is 0.196. The monoisotopic (exact) mass is 359 g/mol. The van der Waals surface area contributed by atoms with Crippen molar-refractivity contribution in [3.63, 3.8) is 0 Å². The molecule has 18 heavy (non-hydrogen) atoms. The molecule has 1 aliphatic rings. The number of nitriles is 1. The minimum Gasteiger partial charge on any atom is -0.197 e. The summed E-state index contributed by atoms with van der Waals surface area (Å²) in [6.07, 6.45) is 5.99. The van der Waals surface area contributed by atoms with Gasteiger partial charge in [-0.05, 0) is 49.9 Å². The molecule has 1 aliphatic carbocycles. The van der Waals surface area contributed by atoms with Gasteiger partial charge in [-0.3, -0.25) is 0 Å². The molecule has 0 heterocycles. The summed E-state index contributed by atoms with van der Waals surface area (Å²) in [7, 11) is 0. The van der Waals surface area contributed by atoms with Gasteiger partial charge in [-0.1, -0.05) is 61.9 Å². The second-order valence-electron chi connectivity index (χ2n) is 6.34. The summed E-state index contributed by atoms with van der Waals surface area (Å²) in [4.78, 5) is 0. The van der Waals surface area contributed by atoms with Crippen molar-refractivity contribution >= 4 is 22.6 Å². The van der Waals surface area contributed by atoms with E-state index in [2.05, 4.69) is 62.4 Å². The van der Waals surface area contributed by atoms with Gasteiger partial charge in [0.15, 0.2) is 0 Å². The lowest BCUT2D eigenvalue weighted by atomic mass is 9.91. The molecule has 0 aromatic carbocycles. The van der Waals surface area contributed by atoms with E-state index in [4.69, 9.17) is 5.26 Å². The van der Waals surface area contributed by atoms with Crippen LogP contribution in [-0.4, -0.2) is 3.42 Å². The molecule has 1 rings (SSSR count). The third-order valence-electron chi connectivity index (χ3n) is 3.94. The van der Waals surface area contributed by atoms with Crippen molar-refractivity contribution in [3.05, 3.63) is 11.6 Å². The lowest BCUT2D eigenvalue weighted by molar-refractivity contribution is 0.433. The minimum atomic E-state index is -0.196. The Bertz CT molecular complexity index is 349. The van der Waals surface area contributed by atoms with E-state index >= 15 is 0 Å². The Hall–Kier alpha value is -0.0400. The van der Waals surface area contributed by atoms with Crippen molar-refractivity contribution in [2.24, 2.45) is 23.7 Å². The third-order valence-corrected chi connectivity index (χ3v) is 4.62. The summed E-state index contributed by atoms with van der Waals surface area (Å²) < 4.78 is -0.196. The quantitative estimate of drug-likeness (QED) is 0.356. The van der Waals surface area contributed by atoms with Gasteiger partial charge in [0.05, 0.1) is 6.07 Å². The van der Waals surface area contributed by atoms with Crippen LogP contribution in [0.2, 0.25) is 0 Å². The average molecular weight is 359 g/mol. The number of nitrogens with zero attached hydrogens (tertiary/aromatic N) is 1. The van der Waals surface area contributed by atoms with E-state index in [1.165, 1.54) is 12.8 Å². The highest BCUT2D eigenvalue weighted by Gasteiger charge is 2.44. The predicted molar refractivity (Wildman–Crippen MR) is 86.6 cm³/mol. The van der Waals surface area contributed by atoms with Crippen molar-refractivity contribution in [1.82, 2.24) is 0 Å². The first-order chi connectivity index (χ1) is 8.30. The molecule has 0 aromatic rings. The van der Waals surface area contributed by atoms with Crippen LogP contribution < -0.4 is 0 Å². The molecule has 1 nitrogen and oxygen atoms in total. The summed E-state index contributed by atoms with van der Waals surface area (Å²) in [6.45, 7) is 11.2. The number of rotatable bonds is 6. The fourth-order valence-corrected chi connectivity index (χ4v) is 3.70. The molecule has 0 aliphatic heterocycles. The zero-order chi connectivity index (χ0) is 13.9. The van der Waals surface area contributed by atoms with E-state index in [-0.39, 0.29) is 3.42 Å². The lowest BCUT2D eigenvalue weighted by Gasteiger charge is -2.19. The summed E-state index contributed by atoms with van der Waals surface area (Å²) >= 11 is 2.29. The Morgan fingerprint density at radius 3 is 2.56 bits per heavy atom. The standard InChI is InChI=1S/C16H26IN/c1-6-13(7-11(2)3)15-8-14(15)12(4)9-16(5,17)10-18/h7,11-12,14-15H,6,8-9H2,1-5H3/b13-7-/t12?,14?,15?,16-/m0/s1. The van der Waals surface area contributed by atoms with Gasteiger partial charge in [-0.2, -0.15) is 5.26 Å². The van der Waals surface area contributed by atoms with E-state index in [9.17, 15) is 0 Å². The van der Waals surface area contributed by atoms with Crippen LogP contribution in [0.3, 0.4) is 0 Å². The van der Waals surface area contributed by atoms with E-state index < -0.39 is 0 Å². The average Bonchev–Trinajstić information content (AvgIpc) is 3.05. The van der Waals surface area contributed by atoms with Gasteiger partial charge in [0.1, 0.15) is 3.42 Å². The molecule has 0 aromatic heterocycles. The molecule has 0 amide bonds. The van der Waals surface area contributed by atoms with Crippen LogP contribution in [0.4, 0.5) is 0 Å². The maximum Gasteiger partial charge on any atom is 0.106 e. The zero-order valence-electron chi connectivity index (χ0n) is 12.3. The molecule has 2 heteroatoms. The number of allylic oxidation sites excluding steroid dienone is 2. The van der Waals surface area contributed by atoms with Crippen molar-refractivity contribution < 1.29 is 0 Å². The summed E-state index contributed by atoms with van der Waals surface area (Å²) in [5, 5.41) is 9.12. The number of hydrogen-bond donors (Lipinski definition) is 0. The van der Waals surface area contributed by atoms with Crippen molar-refractivity contribution in [3.8, 4) is 6.07 Å². The second-order valence-corrected chi connectivity index (χ2v) is 8.72. The predicted octanol–water partition coefficient (Wildman–Crippen LogP) is 5.36. The summed E-state index contributed by atoms with van der Waals surface area (Å²) in [5.74, 6) is 2.94. The molecule has 102 valence electrons. The van der Waals surface area contributed by atoms with Gasteiger partial charge in [0.2, 0.25) is 0 Å². The van der Waals surface area contributed by atoms with Crippen LogP contribution in [0.1, 0.15) is 53.9 Å². The summed E-state index contributed by atoms with van der Waals surface area (Å²) in [6, 6.07) is 2.42. The Morgan fingerprint density at radius 2 is 2.11 bits per heavy atom. The first kappa shape index (κ1) is 16.0. The van der Waals surface area contributed by atoms with Crippen LogP contribution in [-0.2, 0) is 0 Å². The van der Waals surface area contributed by atoms with Crippen LogP contribution in [0.5, 0.6) is 0 Å². The molecule has 0 spiro atoms. The molecule has 0 saturated heterocycles. The van der Waals surface area contributed by atoms with Gasteiger partial charge in [-0.25, -0.2) is 0 Å². The molecule has 3 unspecified atom stereocenters. The Labute approximate surface area is 126 Å². The van der Waals surface area contributed by atoms with Crippen molar-refractivity contribution in [1.29, 1.82) is 5.26 Å². The van der Waals surface area contributed by atoms with Crippen molar-refractivity contribution in [2.75, 3.05) is 0 Å². The highest BCUT2D eigenvalue weighted by molar-refractivity contribution is 14.1. The first-order valence-electron chi connectivity index (χ1n) is 7.11. The fourth-order valence-electron chi connectivity index (χ4n) is 3.00. The SMILES string of the molecule is CC/C(=C/C(C)C)C1CC1C(C)C[C@](C)(I)C#N.